The van der Waals surface area contributed by atoms with E-state index in [1.807, 2.05) is 26.0 Å². The number of anilines is 1. The maximum Gasteiger partial charge on any atom is 0.322 e. The van der Waals surface area contributed by atoms with E-state index >= 15 is 0 Å². The summed E-state index contributed by atoms with van der Waals surface area (Å²) >= 11 is 10.8. The van der Waals surface area contributed by atoms with Crippen molar-refractivity contribution in [1.29, 1.82) is 0 Å². The molecule has 2 amide bonds. The monoisotopic (exact) mass is 299 g/mol. The number of hydrogen-bond donors (Lipinski definition) is 2. The molecule has 0 unspecified atom stereocenters. The third kappa shape index (κ3) is 5.04. The molecule has 19 heavy (non-hydrogen) atoms. The van der Waals surface area contributed by atoms with Crippen LogP contribution in [0, 0.1) is 0 Å². The molecule has 6 heteroatoms. The van der Waals surface area contributed by atoms with Crippen LogP contribution >= 0.6 is 23.8 Å². The molecule has 3 N–H and O–H groups in total. The number of amides is 2. The molecule has 1 aromatic carbocycles. The Morgan fingerprint density at radius 2 is 2.11 bits per heavy atom. The van der Waals surface area contributed by atoms with E-state index < -0.39 is 0 Å². The van der Waals surface area contributed by atoms with Crippen molar-refractivity contribution in [3.05, 3.63) is 29.3 Å². The summed E-state index contributed by atoms with van der Waals surface area (Å²) in [6.07, 6.45) is 0.503. The highest BCUT2D eigenvalue weighted by Crippen LogP contribution is 2.21. The molecule has 4 nitrogen and oxygen atoms in total. The van der Waals surface area contributed by atoms with Gasteiger partial charge in [-0.3, -0.25) is 0 Å². The summed E-state index contributed by atoms with van der Waals surface area (Å²) in [6.45, 7) is 4.36. The first-order valence-electron chi connectivity index (χ1n) is 6.02. The van der Waals surface area contributed by atoms with Crippen LogP contribution in [0.3, 0.4) is 0 Å². The molecule has 104 valence electrons. The van der Waals surface area contributed by atoms with Crippen LogP contribution in [0.15, 0.2) is 24.3 Å². The highest BCUT2D eigenvalue weighted by molar-refractivity contribution is 7.80. The van der Waals surface area contributed by atoms with Crippen LogP contribution in [0.25, 0.3) is 0 Å². The molecule has 0 spiro atoms. The van der Waals surface area contributed by atoms with Gasteiger partial charge in [0.2, 0.25) is 0 Å². The second-order valence-corrected chi connectivity index (χ2v) is 5.35. The van der Waals surface area contributed by atoms with Crippen molar-refractivity contribution in [2.24, 2.45) is 5.73 Å². The van der Waals surface area contributed by atoms with E-state index in [9.17, 15) is 4.79 Å². The summed E-state index contributed by atoms with van der Waals surface area (Å²) in [4.78, 5) is 14.3. The number of carbonyl (C=O) groups is 1. The third-order valence-corrected chi connectivity index (χ3v) is 3.13. The largest absolute Gasteiger partial charge is 0.393 e. The van der Waals surface area contributed by atoms with Crippen LogP contribution in [0.2, 0.25) is 5.02 Å². The first kappa shape index (κ1) is 15.7. The number of hydrogen-bond acceptors (Lipinski definition) is 2. The predicted molar refractivity (Wildman–Crippen MR) is 83.7 cm³/mol. The maximum atomic E-state index is 12.2. The van der Waals surface area contributed by atoms with Crippen molar-refractivity contribution < 1.29 is 4.79 Å². The van der Waals surface area contributed by atoms with Gasteiger partial charge in [0.15, 0.2) is 0 Å². The van der Waals surface area contributed by atoms with Gasteiger partial charge < -0.3 is 16.0 Å². The van der Waals surface area contributed by atoms with Crippen LogP contribution in [0.5, 0.6) is 0 Å². The number of para-hydroxylation sites is 1. The highest BCUT2D eigenvalue weighted by Gasteiger charge is 2.17. The van der Waals surface area contributed by atoms with Gasteiger partial charge in [-0.2, -0.15) is 0 Å². The minimum atomic E-state index is -0.209. The lowest BCUT2D eigenvalue weighted by Crippen LogP contribution is -2.41. The number of nitrogens with zero attached hydrogens (tertiary/aromatic N) is 1. The van der Waals surface area contributed by atoms with Gasteiger partial charge in [0.25, 0.3) is 0 Å². The molecule has 0 aromatic heterocycles. The molecule has 0 fully saturated rings. The summed E-state index contributed by atoms with van der Waals surface area (Å²) in [5.41, 5.74) is 6.06. The van der Waals surface area contributed by atoms with E-state index in [-0.39, 0.29) is 12.1 Å². The van der Waals surface area contributed by atoms with Crippen molar-refractivity contribution in [1.82, 2.24) is 4.90 Å². The standard InChI is InChI=1S/C13H18ClN3OS/c1-9(2)17(8-7-12(15)19)13(18)16-11-6-4-3-5-10(11)14/h3-6,9H,7-8H2,1-2H3,(H2,15,19)(H,16,18). The second-order valence-electron chi connectivity index (χ2n) is 4.41. The van der Waals surface area contributed by atoms with Crippen LogP contribution in [-0.2, 0) is 0 Å². The lowest BCUT2D eigenvalue weighted by Gasteiger charge is -2.27. The van der Waals surface area contributed by atoms with E-state index in [2.05, 4.69) is 5.32 Å². The lowest BCUT2D eigenvalue weighted by molar-refractivity contribution is 0.199. The van der Waals surface area contributed by atoms with Crippen molar-refractivity contribution in [2.45, 2.75) is 26.3 Å². The number of rotatable bonds is 5. The molecule has 0 saturated heterocycles. The average molecular weight is 300 g/mol. The molecular formula is C13H18ClN3OS. The Morgan fingerprint density at radius 1 is 1.47 bits per heavy atom. The quantitative estimate of drug-likeness (QED) is 0.821. The maximum absolute atomic E-state index is 12.2. The molecule has 0 saturated carbocycles. The lowest BCUT2D eigenvalue weighted by atomic mass is 10.3. The Kier molecular flexibility index (Phi) is 6.05. The van der Waals surface area contributed by atoms with Gasteiger partial charge in [-0.1, -0.05) is 36.0 Å². The van der Waals surface area contributed by atoms with E-state index in [1.54, 1.807) is 17.0 Å². The Labute approximate surface area is 123 Å². The summed E-state index contributed by atoms with van der Waals surface area (Å²) in [7, 11) is 0. The van der Waals surface area contributed by atoms with Crippen molar-refractivity contribution >= 4 is 40.5 Å². The zero-order chi connectivity index (χ0) is 14.4. The second kappa shape index (κ2) is 7.31. The third-order valence-electron chi connectivity index (χ3n) is 2.60. The molecule has 0 bridgehead atoms. The molecule has 1 rings (SSSR count). The number of halogens is 1. The zero-order valence-corrected chi connectivity index (χ0v) is 12.6. The van der Waals surface area contributed by atoms with Crippen LogP contribution in [-0.4, -0.2) is 28.5 Å². The minimum absolute atomic E-state index is 0.0526. The number of carbonyl (C=O) groups excluding carboxylic acids is 1. The Balaban J connectivity index is 2.72. The van der Waals surface area contributed by atoms with Crippen molar-refractivity contribution in [3.63, 3.8) is 0 Å². The van der Waals surface area contributed by atoms with Gasteiger partial charge in [-0.15, -0.1) is 0 Å². The predicted octanol–water partition coefficient (Wildman–Crippen LogP) is 3.26. The molecule has 0 aliphatic carbocycles. The van der Waals surface area contributed by atoms with Crippen LogP contribution < -0.4 is 11.1 Å². The normalized spacial score (nSPS) is 10.3. The number of nitrogens with one attached hydrogen (secondary N) is 1. The smallest absolute Gasteiger partial charge is 0.322 e. The number of urea groups is 1. The van der Waals surface area contributed by atoms with E-state index in [4.69, 9.17) is 29.6 Å². The van der Waals surface area contributed by atoms with Gasteiger partial charge >= 0.3 is 6.03 Å². The average Bonchev–Trinajstić information content (AvgIpc) is 2.31. The molecule has 0 atom stereocenters. The fourth-order valence-electron chi connectivity index (χ4n) is 1.57. The van der Waals surface area contributed by atoms with Gasteiger partial charge in [0.05, 0.1) is 15.7 Å². The Hall–Kier alpha value is -1.33. The van der Waals surface area contributed by atoms with Crippen molar-refractivity contribution in [2.75, 3.05) is 11.9 Å². The topological polar surface area (TPSA) is 58.4 Å². The first-order valence-corrected chi connectivity index (χ1v) is 6.81. The van der Waals surface area contributed by atoms with Crippen molar-refractivity contribution in [3.8, 4) is 0 Å². The number of benzene rings is 1. The summed E-state index contributed by atoms with van der Waals surface area (Å²) in [6, 6.07) is 6.95. The van der Waals surface area contributed by atoms with Gasteiger partial charge in [0, 0.05) is 19.0 Å². The fourth-order valence-corrected chi connectivity index (χ4v) is 1.85. The Morgan fingerprint density at radius 3 is 2.63 bits per heavy atom. The Bertz CT molecular complexity index is 465. The molecule has 0 heterocycles. The molecule has 1 aromatic rings. The van der Waals surface area contributed by atoms with Gasteiger partial charge in [0.1, 0.15) is 0 Å². The molecular weight excluding hydrogens is 282 g/mol. The van der Waals surface area contributed by atoms with Gasteiger partial charge in [-0.25, -0.2) is 4.79 Å². The minimum Gasteiger partial charge on any atom is -0.393 e. The fraction of sp³-hybridized carbons (Fsp3) is 0.385. The summed E-state index contributed by atoms with van der Waals surface area (Å²) < 4.78 is 0. The number of thiocarbonyl (C=S) groups is 1. The number of nitrogens with two attached hydrogens (primary N) is 1. The van der Waals surface area contributed by atoms with E-state index in [0.717, 1.165) is 0 Å². The van der Waals surface area contributed by atoms with Crippen LogP contribution in [0.1, 0.15) is 20.3 Å². The van der Waals surface area contributed by atoms with E-state index in [1.165, 1.54) is 0 Å². The summed E-state index contributed by atoms with van der Waals surface area (Å²) in [5, 5.41) is 3.29. The van der Waals surface area contributed by atoms with Crippen LogP contribution in [0.4, 0.5) is 10.5 Å². The SMILES string of the molecule is CC(C)N(CCC(N)=S)C(=O)Nc1ccccc1Cl. The highest BCUT2D eigenvalue weighted by atomic mass is 35.5. The van der Waals surface area contributed by atoms with Gasteiger partial charge in [-0.05, 0) is 26.0 Å². The first-order chi connectivity index (χ1) is 8.91. The zero-order valence-electron chi connectivity index (χ0n) is 11.0. The molecule has 0 aliphatic rings. The van der Waals surface area contributed by atoms with E-state index in [0.29, 0.717) is 28.7 Å². The summed E-state index contributed by atoms with van der Waals surface area (Å²) in [5.74, 6) is 0. The molecule has 0 radical (unpaired) electrons. The molecule has 0 aliphatic heterocycles.